The van der Waals surface area contributed by atoms with Gasteiger partial charge in [-0.1, -0.05) is 0 Å². The maximum absolute atomic E-state index is 8.68. The van der Waals surface area contributed by atoms with Crippen molar-refractivity contribution >= 4 is 0 Å². The molecule has 0 aliphatic rings. The summed E-state index contributed by atoms with van der Waals surface area (Å²) in [6.07, 6.45) is 0. The van der Waals surface area contributed by atoms with Crippen LogP contribution in [0, 0.1) is 0 Å². The minimum Gasteiger partial charge on any atom is -0.396 e. The Balaban J connectivity index is 0. The van der Waals surface area contributed by atoms with Gasteiger partial charge in [-0.2, -0.15) is 0 Å². The van der Waals surface area contributed by atoms with Crippen LogP contribution in [0.25, 0.3) is 0 Å². The van der Waals surface area contributed by atoms with Crippen LogP contribution in [-0.4, -0.2) is 3.44 Å². The van der Waals surface area contributed by atoms with Gasteiger partial charge < -0.3 is 6.87 Å². The second kappa shape index (κ2) is 5.12. The Morgan fingerprint density at radius 2 is 1.40 bits per heavy atom. The number of rotatable bonds is 0. The summed E-state index contributed by atoms with van der Waals surface area (Å²) in [5, 5.41) is 0. The van der Waals surface area contributed by atoms with Gasteiger partial charge in [0.25, 0.3) is 0 Å². The van der Waals surface area contributed by atoms with Gasteiger partial charge >= 0.3 is 21.1 Å². The van der Waals surface area contributed by atoms with E-state index in [-0.39, 0.29) is 16.8 Å². The van der Waals surface area contributed by atoms with Crippen LogP contribution in [0.1, 0.15) is 0 Å². The molecule has 3 nitrogen and oxygen atoms in total. The summed E-state index contributed by atoms with van der Waals surface area (Å²) in [6.45, 7) is 0. The Bertz CT molecular complexity index is 11.6. The van der Waals surface area contributed by atoms with Crippen molar-refractivity contribution < 1.29 is 48.2 Å². The minimum absolute atomic E-state index is 0. The molecule has 0 rings (SSSR count). The molecule has 1 N–H and O–H groups in total. The smallest absolute Gasteiger partial charge is 0.396 e. The third-order valence-electron chi connectivity index (χ3n) is 0. The molecule has 0 spiro atoms. The molecule has 1 radical (unpaired) electrons. The van der Waals surface area contributed by atoms with E-state index in [0.29, 0.717) is 0 Å². The Morgan fingerprint density at radius 1 is 1.40 bits per heavy atom. The van der Waals surface area contributed by atoms with Crippen molar-refractivity contribution in [3.63, 3.8) is 0 Å². The summed E-state index contributed by atoms with van der Waals surface area (Å²) in [5.41, 5.74) is 0. The van der Waals surface area contributed by atoms with Gasteiger partial charge in [-0.05, 0) is 3.44 Å². The first kappa shape index (κ1) is 9.45. The van der Waals surface area contributed by atoms with Gasteiger partial charge in [0, 0.05) is 16.8 Å². The molecular formula is HCoIO3. The molecule has 5 heavy (non-hydrogen) atoms. The number of hydrogen-bond donors (Lipinski definition) is 1. The van der Waals surface area contributed by atoms with Crippen molar-refractivity contribution in [1.29, 1.82) is 0 Å². The normalized spacial score (nSPS) is 7.20. The first-order valence-corrected chi connectivity index (χ1v) is 3.20. The van der Waals surface area contributed by atoms with Gasteiger partial charge in [-0.15, -0.1) is 0 Å². The van der Waals surface area contributed by atoms with Crippen LogP contribution in [0.3, 0.4) is 0 Å². The van der Waals surface area contributed by atoms with E-state index in [1.165, 1.54) is 0 Å². The molecule has 0 atom stereocenters. The molecule has 5 heteroatoms. The van der Waals surface area contributed by atoms with Crippen molar-refractivity contribution in [2.24, 2.45) is 0 Å². The van der Waals surface area contributed by atoms with Crippen molar-refractivity contribution in [1.82, 2.24) is 0 Å². The molecule has 0 saturated carbocycles. The van der Waals surface area contributed by atoms with Crippen LogP contribution in [0.4, 0.5) is 0 Å². The Labute approximate surface area is 48.2 Å². The van der Waals surface area contributed by atoms with E-state index in [1.54, 1.807) is 0 Å². The molecule has 0 aromatic carbocycles. The predicted molar refractivity (Wildman–Crippen MR) is 2.22 cm³/mol. The first-order chi connectivity index (χ1) is 1.73. The largest absolute Gasteiger partial charge is 0.503 e. The van der Waals surface area contributed by atoms with Gasteiger partial charge in [-0.25, -0.2) is 0 Å². The minimum atomic E-state index is -3.76. The summed E-state index contributed by atoms with van der Waals surface area (Å²) in [4.78, 5) is 0. The first-order valence-electron chi connectivity index (χ1n) is 0.478. The second-order valence-corrected chi connectivity index (χ2v) is 1.35. The van der Waals surface area contributed by atoms with Gasteiger partial charge in [0.05, 0.1) is 0 Å². The zero-order valence-corrected chi connectivity index (χ0v) is 5.17. The molecule has 0 amide bonds. The van der Waals surface area contributed by atoms with Crippen LogP contribution in [0.2, 0.25) is 0 Å². The second-order valence-electron chi connectivity index (χ2n) is 0.201. The summed E-state index contributed by atoms with van der Waals surface area (Å²) in [6, 6.07) is 0. The molecule has 0 fully saturated rings. The third kappa shape index (κ3) is 39.9. The fourth-order valence-electron chi connectivity index (χ4n) is 0. The van der Waals surface area contributed by atoms with Gasteiger partial charge in [0.15, 0.2) is 0 Å². The quantitative estimate of drug-likeness (QED) is 0.425. The molecular weight excluding hydrogens is 234 g/mol. The van der Waals surface area contributed by atoms with Crippen LogP contribution < -0.4 is 27.9 Å². The topological polar surface area (TPSA) is 66.3 Å². The predicted octanol–water partition coefficient (Wildman–Crippen LogP) is -5.93. The average molecular weight is 235 g/mol. The summed E-state index contributed by atoms with van der Waals surface area (Å²) in [7, 11) is 0. The average Bonchev–Trinajstić information content (AvgIpc) is 0.811. The van der Waals surface area contributed by atoms with E-state index in [1.807, 2.05) is 0 Å². The van der Waals surface area contributed by atoms with E-state index >= 15 is 0 Å². The molecule has 0 heterocycles. The van der Waals surface area contributed by atoms with Gasteiger partial charge in [0.1, 0.15) is 0 Å². The molecule has 0 unspecified atom stereocenters. The third-order valence-corrected chi connectivity index (χ3v) is 0. The number of halogens is 1. The zero-order chi connectivity index (χ0) is 3.58. The van der Waals surface area contributed by atoms with Crippen molar-refractivity contribution in [2.45, 2.75) is 0 Å². The summed E-state index contributed by atoms with van der Waals surface area (Å²) < 4.78 is 24.5. The Hall–Kier alpha value is 1.12. The van der Waals surface area contributed by atoms with Crippen molar-refractivity contribution in [3.8, 4) is 0 Å². The van der Waals surface area contributed by atoms with Crippen LogP contribution in [0.15, 0.2) is 0 Å². The Kier molecular flexibility index (Phi) is 9.67. The Morgan fingerprint density at radius 3 is 1.40 bits per heavy atom. The van der Waals surface area contributed by atoms with Crippen molar-refractivity contribution in [2.75, 3.05) is 0 Å². The van der Waals surface area contributed by atoms with E-state index in [4.69, 9.17) is 10.3 Å². The maximum Gasteiger partial charge on any atom is 0.503 e. The summed E-state index contributed by atoms with van der Waals surface area (Å²) in [5.74, 6) is 0. The number of hydrogen-bond acceptors (Lipinski definition) is 3. The van der Waals surface area contributed by atoms with Crippen molar-refractivity contribution in [3.05, 3.63) is 0 Å². The fraction of sp³-hybridized carbons (Fsp3) is 0. The molecule has 0 aliphatic heterocycles. The van der Waals surface area contributed by atoms with Gasteiger partial charge in [-0.3, -0.25) is 0 Å². The van der Waals surface area contributed by atoms with E-state index in [9.17, 15) is 0 Å². The maximum atomic E-state index is 8.68. The van der Waals surface area contributed by atoms with E-state index in [0.717, 1.165) is 0 Å². The molecule has 0 saturated heterocycles. The summed E-state index contributed by atoms with van der Waals surface area (Å²) >= 11 is -3.76. The van der Waals surface area contributed by atoms with Crippen LogP contribution >= 0.6 is 0 Å². The molecule has 35 valence electrons. The molecule has 0 aromatic rings. The SMILES string of the molecule is [Co].[O-][I+2]([O-])O. The molecule has 0 bridgehead atoms. The molecule has 0 aromatic heterocycles. The molecule has 0 aliphatic carbocycles. The monoisotopic (exact) mass is 235 g/mol. The van der Waals surface area contributed by atoms with Gasteiger partial charge in [0.2, 0.25) is 0 Å². The zero-order valence-electron chi connectivity index (χ0n) is 1.98. The van der Waals surface area contributed by atoms with E-state index in [2.05, 4.69) is 0 Å². The fourth-order valence-corrected chi connectivity index (χ4v) is 0. The van der Waals surface area contributed by atoms with Crippen LogP contribution in [-0.2, 0) is 16.8 Å². The van der Waals surface area contributed by atoms with Crippen LogP contribution in [0.5, 0.6) is 0 Å². The van der Waals surface area contributed by atoms with E-state index < -0.39 is 21.1 Å². The standard InChI is InChI=1S/Co.HIO3/c;2-1(3)4/h;2H.